The van der Waals surface area contributed by atoms with Gasteiger partial charge in [-0.25, -0.2) is 4.79 Å². The van der Waals surface area contributed by atoms with E-state index in [0.717, 1.165) is 6.42 Å². The van der Waals surface area contributed by atoms with Crippen LogP contribution < -0.4 is 10.6 Å². The molecule has 0 spiro atoms. The first-order chi connectivity index (χ1) is 6.24. The molecule has 0 fully saturated rings. The molecule has 0 unspecified atom stereocenters. The molecule has 0 aliphatic rings. The molecule has 0 aliphatic heterocycles. The third-order valence-corrected chi connectivity index (χ3v) is 1.49. The highest BCUT2D eigenvalue weighted by molar-refractivity contribution is 5.73. The third kappa shape index (κ3) is 6.36. The summed E-state index contributed by atoms with van der Waals surface area (Å²) in [6.07, 6.45) is 0.540. The highest BCUT2D eigenvalue weighted by atomic mass is 16.7. The average molecular weight is 190 g/mol. The van der Waals surface area contributed by atoms with Crippen molar-refractivity contribution < 1.29 is 14.3 Å². The van der Waals surface area contributed by atoms with Crippen molar-refractivity contribution in [3.8, 4) is 0 Å². The molecule has 0 rings (SSSR count). The lowest BCUT2D eigenvalue weighted by Gasteiger charge is -2.14. The molecule has 0 aromatic rings. The second-order valence-corrected chi connectivity index (χ2v) is 2.54. The van der Waals surface area contributed by atoms with Crippen molar-refractivity contribution in [3.05, 3.63) is 0 Å². The minimum Gasteiger partial charge on any atom is -0.354 e. The Labute approximate surface area is 78.8 Å². The van der Waals surface area contributed by atoms with Crippen molar-refractivity contribution in [3.63, 3.8) is 0 Å². The molecule has 78 valence electrons. The molecule has 2 N–H and O–H groups in total. The Morgan fingerprint density at radius 1 is 1.31 bits per heavy atom. The lowest BCUT2D eigenvalue weighted by atomic mass is 10.5. The number of amides is 2. The first-order valence-electron chi connectivity index (χ1n) is 4.31. The molecule has 0 atom stereocenters. The first-order valence-corrected chi connectivity index (χ1v) is 4.31. The smallest absolute Gasteiger partial charge is 0.314 e. The number of rotatable bonds is 6. The number of ether oxygens (including phenoxy) is 2. The third-order valence-electron chi connectivity index (χ3n) is 1.49. The van der Waals surface area contributed by atoms with Crippen LogP contribution in [-0.2, 0) is 9.47 Å². The summed E-state index contributed by atoms with van der Waals surface area (Å²) in [6, 6.07) is -0.194. The van der Waals surface area contributed by atoms with E-state index < -0.39 is 0 Å². The molecule has 2 amide bonds. The Morgan fingerprint density at radius 2 is 1.92 bits per heavy atom. The average Bonchev–Trinajstić information content (AvgIpc) is 2.16. The quantitative estimate of drug-likeness (QED) is 0.593. The fourth-order valence-corrected chi connectivity index (χ4v) is 0.740. The molecule has 0 radical (unpaired) electrons. The van der Waals surface area contributed by atoms with Crippen molar-refractivity contribution in [2.45, 2.75) is 19.6 Å². The second kappa shape index (κ2) is 7.82. The van der Waals surface area contributed by atoms with Crippen molar-refractivity contribution in [1.82, 2.24) is 10.6 Å². The van der Waals surface area contributed by atoms with Gasteiger partial charge in [0.25, 0.3) is 0 Å². The van der Waals surface area contributed by atoms with E-state index in [1.54, 1.807) is 0 Å². The molecular formula is C8H18N2O3. The van der Waals surface area contributed by atoms with Gasteiger partial charge in [-0.3, -0.25) is 0 Å². The van der Waals surface area contributed by atoms with Gasteiger partial charge in [-0.05, 0) is 6.42 Å². The Bertz CT molecular complexity index is 137. The van der Waals surface area contributed by atoms with Crippen LogP contribution in [0.25, 0.3) is 0 Å². The Morgan fingerprint density at radius 3 is 2.38 bits per heavy atom. The van der Waals surface area contributed by atoms with Crippen LogP contribution in [0.5, 0.6) is 0 Å². The normalized spacial score (nSPS) is 10.2. The molecular weight excluding hydrogens is 172 g/mol. The molecule has 13 heavy (non-hydrogen) atoms. The standard InChI is InChI=1S/C8H18N2O3/c1-4-5-9-8(11)10-6-7(12-2)13-3/h7H,4-6H2,1-3H3,(H2,9,10,11). The molecule has 0 saturated heterocycles. The lowest BCUT2D eigenvalue weighted by molar-refractivity contribution is -0.0971. The van der Waals surface area contributed by atoms with Gasteiger partial charge in [0.05, 0.1) is 6.54 Å². The van der Waals surface area contributed by atoms with E-state index in [4.69, 9.17) is 9.47 Å². The van der Waals surface area contributed by atoms with E-state index in [0.29, 0.717) is 13.1 Å². The predicted molar refractivity (Wildman–Crippen MR) is 49.5 cm³/mol. The van der Waals surface area contributed by atoms with Gasteiger partial charge in [0.15, 0.2) is 6.29 Å². The largest absolute Gasteiger partial charge is 0.354 e. The fourth-order valence-electron chi connectivity index (χ4n) is 0.740. The van der Waals surface area contributed by atoms with Gasteiger partial charge < -0.3 is 20.1 Å². The topological polar surface area (TPSA) is 59.6 Å². The number of carbonyl (C=O) groups is 1. The van der Waals surface area contributed by atoms with Crippen LogP contribution in [0.4, 0.5) is 4.79 Å². The zero-order valence-corrected chi connectivity index (χ0v) is 8.42. The maximum absolute atomic E-state index is 11.0. The summed E-state index contributed by atoms with van der Waals surface area (Å²) < 4.78 is 9.78. The van der Waals surface area contributed by atoms with E-state index in [1.807, 2.05) is 6.92 Å². The van der Waals surface area contributed by atoms with Crippen molar-refractivity contribution in [2.75, 3.05) is 27.3 Å². The zero-order chi connectivity index (χ0) is 10.1. The van der Waals surface area contributed by atoms with E-state index in [9.17, 15) is 4.79 Å². The first kappa shape index (κ1) is 12.2. The highest BCUT2D eigenvalue weighted by Crippen LogP contribution is 1.86. The molecule has 5 heteroatoms. The lowest BCUT2D eigenvalue weighted by Crippen LogP contribution is -2.40. The summed E-state index contributed by atoms with van der Waals surface area (Å²) in [5, 5.41) is 5.29. The molecule has 0 bridgehead atoms. The highest BCUT2D eigenvalue weighted by Gasteiger charge is 2.06. The number of nitrogens with one attached hydrogen (secondary N) is 2. The maximum atomic E-state index is 11.0. The van der Waals surface area contributed by atoms with E-state index in [1.165, 1.54) is 14.2 Å². The van der Waals surface area contributed by atoms with Gasteiger partial charge >= 0.3 is 6.03 Å². The molecule has 5 nitrogen and oxygen atoms in total. The van der Waals surface area contributed by atoms with Gasteiger partial charge in [0.2, 0.25) is 0 Å². The summed E-state index contributed by atoms with van der Waals surface area (Å²) in [7, 11) is 3.06. The molecule has 0 saturated carbocycles. The Hall–Kier alpha value is -0.810. The Balaban J connectivity index is 3.44. The van der Waals surface area contributed by atoms with E-state index in [-0.39, 0.29) is 12.3 Å². The number of hydrogen-bond donors (Lipinski definition) is 2. The predicted octanol–water partition coefficient (Wildman–Crippen LogP) is 0.314. The number of hydrogen-bond acceptors (Lipinski definition) is 3. The summed E-state index contributed by atoms with van der Waals surface area (Å²) in [6.45, 7) is 3.02. The number of urea groups is 1. The number of methoxy groups -OCH3 is 2. The van der Waals surface area contributed by atoms with Crippen LogP contribution >= 0.6 is 0 Å². The van der Waals surface area contributed by atoms with Gasteiger partial charge in [0.1, 0.15) is 0 Å². The summed E-state index contributed by atoms with van der Waals surface area (Å²) in [5.41, 5.74) is 0. The van der Waals surface area contributed by atoms with Crippen LogP contribution in [0.1, 0.15) is 13.3 Å². The van der Waals surface area contributed by atoms with Crippen LogP contribution in [0.2, 0.25) is 0 Å². The minimum atomic E-state index is -0.382. The van der Waals surface area contributed by atoms with Gasteiger partial charge in [-0.1, -0.05) is 6.92 Å². The van der Waals surface area contributed by atoms with E-state index in [2.05, 4.69) is 10.6 Å². The van der Waals surface area contributed by atoms with Gasteiger partial charge in [-0.2, -0.15) is 0 Å². The van der Waals surface area contributed by atoms with Crippen LogP contribution in [-0.4, -0.2) is 39.6 Å². The van der Waals surface area contributed by atoms with Crippen molar-refractivity contribution in [2.24, 2.45) is 0 Å². The fraction of sp³-hybridized carbons (Fsp3) is 0.875. The summed E-state index contributed by atoms with van der Waals surface area (Å²) >= 11 is 0. The number of carbonyl (C=O) groups excluding carboxylic acids is 1. The molecule has 0 aromatic carbocycles. The monoisotopic (exact) mass is 190 g/mol. The maximum Gasteiger partial charge on any atom is 0.314 e. The van der Waals surface area contributed by atoms with Crippen LogP contribution in [0.15, 0.2) is 0 Å². The van der Waals surface area contributed by atoms with Crippen molar-refractivity contribution in [1.29, 1.82) is 0 Å². The van der Waals surface area contributed by atoms with Crippen molar-refractivity contribution >= 4 is 6.03 Å². The summed E-state index contributed by atoms with van der Waals surface area (Å²) in [4.78, 5) is 11.0. The zero-order valence-electron chi connectivity index (χ0n) is 8.42. The van der Waals surface area contributed by atoms with E-state index >= 15 is 0 Å². The van der Waals surface area contributed by atoms with Gasteiger partial charge in [0, 0.05) is 20.8 Å². The molecule has 0 aliphatic carbocycles. The minimum absolute atomic E-state index is 0.194. The molecule has 0 aromatic heterocycles. The van der Waals surface area contributed by atoms with Gasteiger partial charge in [-0.15, -0.1) is 0 Å². The second-order valence-electron chi connectivity index (χ2n) is 2.54. The van der Waals surface area contributed by atoms with Crippen LogP contribution in [0, 0.1) is 0 Å². The molecule has 0 heterocycles. The Kier molecular flexibility index (Phi) is 7.33. The summed E-state index contributed by atoms with van der Waals surface area (Å²) in [5.74, 6) is 0. The SMILES string of the molecule is CCCNC(=O)NCC(OC)OC. The van der Waals surface area contributed by atoms with Crippen LogP contribution in [0.3, 0.4) is 0 Å².